The number of amides is 1. The maximum atomic E-state index is 12.4. The van der Waals surface area contributed by atoms with Crippen LogP contribution in [0.25, 0.3) is 11.5 Å². The molecule has 4 rings (SSSR count). The number of carbonyl (C=O) groups is 1. The molecule has 1 aromatic carbocycles. The fourth-order valence-electron chi connectivity index (χ4n) is 2.28. The summed E-state index contributed by atoms with van der Waals surface area (Å²) in [5, 5.41) is 13.9. The van der Waals surface area contributed by atoms with Crippen molar-refractivity contribution in [2.24, 2.45) is 0 Å². The first-order valence-corrected chi connectivity index (χ1v) is 7.39. The van der Waals surface area contributed by atoms with Crippen LogP contribution in [-0.2, 0) is 0 Å². The summed E-state index contributed by atoms with van der Waals surface area (Å²) in [6.07, 6.45) is 8.11. The lowest BCUT2D eigenvalue weighted by molar-refractivity contribution is 0.102. The predicted molar refractivity (Wildman–Crippen MR) is 88.5 cm³/mol. The Bertz CT molecular complexity index is 977. The Morgan fingerprint density at radius 3 is 2.80 bits per heavy atom. The zero-order valence-corrected chi connectivity index (χ0v) is 12.9. The van der Waals surface area contributed by atoms with Crippen LogP contribution in [0.15, 0.2) is 67.6 Å². The molecule has 1 amide bonds. The smallest absolute Gasteiger partial charge is 0.257 e. The summed E-state index contributed by atoms with van der Waals surface area (Å²) in [5.41, 5.74) is 1.84. The second-order valence-electron chi connectivity index (χ2n) is 5.13. The Morgan fingerprint density at radius 1 is 1.12 bits per heavy atom. The van der Waals surface area contributed by atoms with Crippen molar-refractivity contribution in [2.45, 2.75) is 0 Å². The lowest BCUT2D eigenvalue weighted by Gasteiger charge is -2.07. The van der Waals surface area contributed by atoms with Crippen LogP contribution in [0.4, 0.5) is 5.69 Å². The second-order valence-corrected chi connectivity index (χ2v) is 5.13. The molecule has 0 aliphatic heterocycles. The summed E-state index contributed by atoms with van der Waals surface area (Å²) in [5.74, 6) is 0.438. The highest BCUT2D eigenvalue weighted by Gasteiger charge is 2.08. The van der Waals surface area contributed by atoms with Crippen molar-refractivity contribution in [3.63, 3.8) is 0 Å². The molecule has 0 fully saturated rings. The SMILES string of the molecule is O=C(Nc1cccc(-n2cnnn2)c1)c1ccc(-n2ccnc2)nc1. The third kappa shape index (κ3) is 3.11. The van der Waals surface area contributed by atoms with Crippen LogP contribution in [0.1, 0.15) is 10.4 Å². The van der Waals surface area contributed by atoms with Gasteiger partial charge in [0.2, 0.25) is 0 Å². The van der Waals surface area contributed by atoms with Gasteiger partial charge in [0.05, 0.1) is 11.3 Å². The van der Waals surface area contributed by atoms with Crippen molar-refractivity contribution in [1.82, 2.24) is 34.7 Å². The number of tetrazole rings is 1. The van der Waals surface area contributed by atoms with Gasteiger partial charge in [-0.05, 0) is 40.8 Å². The van der Waals surface area contributed by atoms with Crippen LogP contribution in [0.2, 0.25) is 0 Å². The molecule has 0 unspecified atom stereocenters. The number of anilines is 1. The standard InChI is InChI=1S/C16H12N8O/c25-16(12-4-5-15(18-9-12)23-7-6-17-10-23)20-13-2-1-3-14(8-13)24-11-19-21-22-24/h1-11H,(H,20,25). The molecule has 0 radical (unpaired) electrons. The zero-order valence-electron chi connectivity index (χ0n) is 12.9. The number of rotatable bonds is 4. The molecule has 1 N–H and O–H groups in total. The first-order valence-electron chi connectivity index (χ1n) is 7.39. The van der Waals surface area contributed by atoms with Crippen molar-refractivity contribution in [3.8, 4) is 11.5 Å². The monoisotopic (exact) mass is 332 g/mol. The fourth-order valence-corrected chi connectivity index (χ4v) is 2.28. The molecule has 0 aliphatic rings. The molecular weight excluding hydrogens is 320 g/mol. The van der Waals surface area contributed by atoms with E-state index in [1.807, 2.05) is 12.1 Å². The van der Waals surface area contributed by atoms with Crippen molar-refractivity contribution in [2.75, 3.05) is 5.32 Å². The molecular formula is C16H12N8O. The summed E-state index contributed by atoms with van der Waals surface area (Å²) in [6, 6.07) is 10.7. The van der Waals surface area contributed by atoms with Gasteiger partial charge in [-0.1, -0.05) is 6.07 Å². The average molecular weight is 332 g/mol. The van der Waals surface area contributed by atoms with E-state index < -0.39 is 0 Å². The summed E-state index contributed by atoms with van der Waals surface area (Å²) < 4.78 is 3.27. The van der Waals surface area contributed by atoms with Crippen LogP contribution in [0.3, 0.4) is 0 Å². The Kier molecular flexibility index (Phi) is 3.71. The third-order valence-corrected chi connectivity index (χ3v) is 3.50. The molecule has 25 heavy (non-hydrogen) atoms. The van der Waals surface area contributed by atoms with Crippen molar-refractivity contribution >= 4 is 11.6 Å². The maximum Gasteiger partial charge on any atom is 0.257 e. The molecule has 4 aromatic rings. The van der Waals surface area contributed by atoms with E-state index in [2.05, 4.69) is 30.8 Å². The fraction of sp³-hybridized carbons (Fsp3) is 0. The molecule has 9 heteroatoms. The highest BCUT2D eigenvalue weighted by atomic mass is 16.1. The molecule has 9 nitrogen and oxygen atoms in total. The molecule has 3 aromatic heterocycles. The van der Waals surface area contributed by atoms with Crippen LogP contribution in [0, 0.1) is 0 Å². The van der Waals surface area contributed by atoms with Gasteiger partial charge in [-0.3, -0.25) is 9.36 Å². The minimum Gasteiger partial charge on any atom is -0.322 e. The van der Waals surface area contributed by atoms with E-state index in [9.17, 15) is 4.79 Å². The molecule has 0 saturated heterocycles. The Balaban J connectivity index is 1.51. The van der Waals surface area contributed by atoms with E-state index >= 15 is 0 Å². The molecule has 0 atom stereocenters. The van der Waals surface area contributed by atoms with E-state index in [1.165, 1.54) is 17.2 Å². The van der Waals surface area contributed by atoms with E-state index in [-0.39, 0.29) is 5.91 Å². The molecule has 0 saturated carbocycles. The summed E-state index contributed by atoms with van der Waals surface area (Å²) in [7, 11) is 0. The highest BCUT2D eigenvalue weighted by Crippen LogP contribution is 2.15. The highest BCUT2D eigenvalue weighted by molar-refractivity contribution is 6.04. The third-order valence-electron chi connectivity index (χ3n) is 3.50. The van der Waals surface area contributed by atoms with E-state index in [0.29, 0.717) is 17.1 Å². The van der Waals surface area contributed by atoms with Crippen LogP contribution in [-0.4, -0.2) is 40.6 Å². The van der Waals surface area contributed by atoms with Crippen LogP contribution in [0.5, 0.6) is 0 Å². The van der Waals surface area contributed by atoms with Gasteiger partial charge in [-0.25, -0.2) is 14.6 Å². The first kappa shape index (κ1) is 14.7. The van der Waals surface area contributed by atoms with Gasteiger partial charge in [-0.15, -0.1) is 5.10 Å². The van der Waals surface area contributed by atoms with E-state index in [1.54, 1.807) is 47.6 Å². The molecule has 3 heterocycles. The Labute approximate surface area is 142 Å². The van der Waals surface area contributed by atoms with Crippen molar-refractivity contribution in [1.29, 1.82) is 0 Å². The number of carbonyl (C=O) groups excluding carboxylic acids is 1. The minimum atomic E-state index is -0.251. The van der Waals surface area contributed by atoms with E-state index in [4.69, 9.17) is 0 Å². The molecule has 0 spiro atoms. The minimum absolute atomic E-state index is 0.251. The number of nitrogens with one attached hydrogen (secondary N) is 1. The Morgan fingerprint density at radius 2 is 2.08 bits per heavy atom. The van der Waals surface area contributed by atoms with Gasteiger partial charge in [0.1, 0.15) is 18.5 Å². The number of imidazole rings is 1. The van der Waals surface area contributed by atoms with Gasteiger partial charge < -0.3 is 5.32 Å². The summed E-state index contributed by atoms with van der Waals surface area (Å²) >= 11 is 0. The normalized spacial score (nSPS) is 10.6. The molecule has 0 bridgehead atoms. The molecule has 122 valence electrons. The van der Waals surface area contributed by atoms with E-state index in [0.717, 1.165) is 5.69 Å². The van der Waals surface area contributed by atoms with Gasteiger partial charge in [0.15, 0.2) is 0 Å². The van der Waals surface area contributed by atoms with Crippen molar-refractivity contribution < 1.29 is 4.79 Å². The summed E-state index contributed by atoms with van der Waals surface area (Å²) in [6.45, 7) is 0. The van der Waals surface area contributed by atoms with Gasteiger partial charge in [-0.2, -0.15) is 0 Å². The number of benzene rings is 1. The second kappa shape index (κ2) is 6.32. The number of hydrogen-bond donors (Lipinski definition) is 1. The topological polar surface area (TPSA) is 103 Å². The zero-order chi connectivity index (χ0) is 17.1. The van der Waals surface area contributed by atoms with Crippen LogP contribution < -0.4 is 5.32 Å². The van der Waals surface area contributed by atoms with Crippen LogP contribution >= 0.6 is 0 Å². The molecule has 0 aliphatic carbocycles. The number of nitrogens with zero attached hydrogens (tertiary/aromatic N) is 7. The number of pyridine rings is 1. The average Bonchev–Trinajstić information content (AvgIpc) is 3.36. The van der Waals surface area contributed by atoms with Gasteiger partial charge in [0.25, 0.3) is 5.91 Å². The largest absolute Gasteiger partial charge is 0.322 e. The number of hydrogen-bond acceptors (Lipinski definition) is 6. The number of aromatic nitrogens is 7. The lowest BCUT2D eigenvalue weighted by Crippen LogP contribution is -2.13. The lowest BCUT2D eigenvalue weighted by atomic mass is 10.2. The van der Waals surface area contributed by atoms with Crippen molar-refractivity contribution in [3.05, 3.63) is 73.2 Å². The predicted octanol–water partition coefficient (Wildman–Crippen LogP) is 1.50. The van der Waals surface area contributed by atoms with Gasteiger partial charge in [0, 0.05) is 24.3 Å². The first-order chi connectivity index (χ1) is 12.3. The quantitative estimate of drug-likeness (QED) is 0.607. The van der Waals surface area contributed by atoms with Gasteiger partial charge >= 0.3 is 0 Å². The Hall–Kier alpha value is -3.88. The maximum absolute atomic E-state index is 12.4. The summed E-state index contributed by atoms with van der Waals surface area (Å²) in [4.78, 5) is 20.6.